The summed E-state index contributed by atoms with van der Waals surface area (Å²) in [5, 5.41) is 17.1. The number of carboxylic acids is 2. The van der Waals surface area contributed by atoms with Gasteiger partial charge in [0.05, 0.1) is 0 Å². The second kappa shape index (κ2) is 3.01. The Morgan fingerprint density at radius 3 is 1.62 bits per heavy atom. The summed E-state index contributed by atoms with van der Waals surface area (Å²) >= 11 is 0. The highest BCUT2D eigenvalue weighted by atomic mass is 16.4. The molecule has 1 saturated carbocycles. The lowest BCUT2D eigenvalue weighted by molar-refractivity contribution is -0.139. The molecule has 1 aliphatic rings. The lowest BCUT2D eigenvalue weighted by Crippen LogP contribution is -2.00. The molecule has 13 heavy (non-hydrogen) atoms. The molecule has 0 amide bonds. The van der Waals surface area contributed by atoms with Crippen molar-refractivity contribution in [1.82, 2.24) is 0 Å². The molecule has 0 radical (unpaired) electrons. The van der Waals surface area contributed by atoms with Gasteiger partial charge in [0.25, 0.3) is 0 Å². The second-order valence-corrected chi connectivity index (χ2v) is 4.23. The third-order valence-corrected chi connectivity index (χ3v) is 3.08. The highest BCUT2D eigenvalue weighted by Gasteiger charge is 2.58. The molecule has 0 aromatic carbocycles. The van der Waals surface area contributed by atoms with Gasteiger partial charge >= 0.3 is 11.9 Å². The van der Waals surface area contributed by atoms with Gasteiger partial charge in [-0.05, 0) is 17.3 Å². The lowest BCUT2D eigenvalue weighted by Gasteiger charge is -1.98. The van der Waals surface area contributed by atoms with Crippen molar-refractivity contribution in [2.24, 2.45) is 17.3 Å². The van der Waals surface area contributed by atoms with Crippen molar-refractivity contribution in [2.75, 3.05) is 0 Å². The Bertz CT molecular complexity index is 220. The maximum atomic E-state index is 10.4. The maximum absolute atomic E-state index is 10.4. The standard InChI is InChI=1S/C9H14O4/c1-9(2)5(3-7(10)11)6(9)4-8(12)13/h5-6H,3-4H2,1-2H3,(H,10,11)(H,12,13)/t5-,6+. The summed E-state index contributed by atoms with van der Waals surface area (Å²) in [6.45, 7) is 3.85. The van der Waals surface area contributed by atoms with Crippen molar-refractivity contribution in [3.8, 4) is 0 Å². The topological polar surface area (TPSA) is 74.6 Å². The normalized spacial score (nSPS) is 29.7. The van der Waals surface area contributed by atoms with Gasteiger partial charge in [-0.1, -0.05) is 13.8 Å². The summed E-state index contributed by atoms with van der Waals surface area (Å²) in [7, 11) is 0. The van der Waals surface area contributed by atoms with Gasteiger partial charge in [0.15, 0.2) is 0 Å². The summed E-state index contributed by atoms with van der Waals surface area (Å²) in [5.74, 6) is -1.63. The van der Waals surface area contributed by atoms with E-state index in [-0.39, 0.29) is 30.1 Å². The summed E-state index contributed by atoms with van der Waals surface area (Å²) < 4.78 is 0. The maximum Gasteiger partial charge on any atom is 0.303 e. The van der Waals surface area contributed by atoms with Crippen LogP contribution >= 0.6 is 0 Å². The smallest absolute Gasteiger partial charge is 0.303 e. The minimum atomic E-state index is -0.842. The van der Waals surface area contributed by atoms with E-state index in [2.05, 4.69) is 0 Å². The van der Waals surface area contributed by atoms with E-state index in [1.54, 1.807) is 0 Å². The lowest BCUT2D eigenvalue weighted by atomic mass is 10.1. The molecule has 4 heteroatoms. The molecule has 1 fully saturated rings. The Kier molecular flexibility index (Phi) is 2.32. The van der Waals surface area contributed by atoms with Crippen LogP contribution in [-0.4, -0.2) is 22.2 Å². The summed E-state index contributed by atoms with van der Waals surface area (Å²) in [5.41, 5.74) is -0.114. The number of carboxylic acid groups (broad SMARTS) is 2. The molecular formula is C9H14O4. The summed E-state index contributed by atoms with van der Waals surface area (Å²) in [6, 6.07) is 0. The fourth-order valence-electron chi connectivity index (χ4n) is 2.04. The van der Waals surface area contributed by atoms with Crippen LogP contribution in [0.1, 0.15) is 26.7 Å². The van der Waals surface area contributed by atoms with Crippen LogP contribution in [0.2, 0.25) is 0 Å². The van der Waals surface area contributed by atoms with Crippen LogP contribution < -0.4 is 0 Å². The zero-order valence-electron chi connectivity index (χ0n) is 7.78. The van der Waals surface area contributed by atoms with Gasteiger partial charge in [0.1, 0.15) is 0 Å². The highest BCUT2D eigenvalue weighted by Crippen LogP contribution is 2.61. The van der Waals surface area contributed by atoms with E-state index in [1.807, 2.05) is 13.8 Å². The molecule has 0 aromatic heterocycles. The van der Waals surface area contributed by atoms with Crippen molar-refractivity contribution in [3.63, 3.8) is 0 Å². The molecule has 2 atom stereocenters. The van der Waals surface area contributed by atoms with Crippen LogP contribution in [0.3, 0.4) is 0 Å². The first-order chi connectivity index (χ1) is 5.85. The van der Waals surface area contributed by atoms with Gasteiger partial charge in [0.2, 0.25) is 0 Å². The Morgan fingerprint density at radius 1 is 1.08 bits per heavy atom. The molecule has 0 aliphatic heterocycles. The van der Waals surface area contributed by atoms with Crippen LogP contribution in [0.15, 0.2) is 0 Å². The molecule has 1 rings (SSSR count). The van der Waals surface area contributed by atoms with E-state index in [9.17, 15) is 9.59 Å². The van der Waals surface area contributed by atoms with Crippen molar-refractivity contribution in [1.29, 1.82) is 0 Å². The minimum absolute atomic E-state index is 0.0288. The summed E-state index contributed by atoms with van der Waals surface area (Å²) in [4.78, 5) is 20.8. The number of carbonyl (C=O) groups is 2. The Labute approximate surface area is 76.6 Å². The largest absolute Gasteiger partial charge is 0.481 e. The van der Waals surface area contributed by atoms with Gasteiger partial charge < -0.3 is 10.2 Å². The predicted octanol–water partition coefficient (Wildman–Crippen LogP) is 1.21. The van der Waals surface area contributed by atoms with Crippen molar-refractivity contribution >= 4 is 11.9 Å². The van der Waals surface area contributed by atoms with Gasteiger partial charge in [-0.15, -0.1) is 0 Å². The first kappa shape index (κ1) is 10.0. The Balaban J connectivity index is 2.50. The third-order valence-electron chi connectivity index (χ3n) is 3.08. The Hall–Kier alpha value is -1.06. The molecule has 1 aliphatic carbocycles. The molecular weight excluding hydrogens is 172 g/mol. The average molecular weight is 186 g/mol. The number of hydrogen-bond donors (Lipinski definition) is 2. The molecule has 0 unspecified atom stereocenters. The first-order valence-electron chi connectivity index (χ1n) is 4.29. The minimum Gasteiger partial charge on any atom is -0.481 e. The molecule has 0 spiro atoms. The van der Waals surface area contributed by atoms with Crippen LogP contribution in [0.5, 0.6) is 0 Å². The molecule has 74 valence electrons. The molecule has 4 nitrogen and oxygen atoms in total. The first-order valence-corrected chi connectivity index (χ1v) is 4.29. The van der Waals surface area contributed by atoms with E-state index < -0.39 is 11.9 Å². The van der Waals surface area contributed by atoms with Crippen molar-refractivity contribution in [2.45, 2.75) is 26.7 Å². The van der Waals surface area contributed by atoms with Crippen LogP contribution in [0, 0.1) is 17.3 Å². The van der Waals surface area contributed by atoms with Crippen LogP contribution in [-0.2, 0) is 9.59 Å². The molecule has 2 N–H and O–H groups in total. The number of aliphatic carboxylic acids is 2. The SMILES string of the molecule is CC1(C)[C@H](CC(=O)O)[C@@H]1CC(=O)O. The molecule has 0 heterocycles. The van der Waals surface area contributed by atoms with E-state index in [1.165, 1.54) is 0 Å². The Morgan fingerprint density at radius 2 is 1.38 bits per heavy atom. The van der Waals surface area contributed by atoms with Crippen LogP contribution in [0.4, 0.5) is 0 Å². The second-order valence-electron chi connectivity index (χ2n) is 4.23. The zero-order chi connectivity index (χ0) is 10.2. The zero-order valence-corrected chi connectivity index (χ0v) is 7.78. The van der Waals surface area contributed by atoms with Crippen molar-refractivity contribution < 1.29 is 19.8 Å². The fraction of sp³-hybridized carbons (Fsp3) is 0.778. The third kappa shape index (κ3) is 1.99. The molecule has 0 aromatic rings. The van der Waals surface area contributed by atoms with Gasteiger partial charge in [-0.2, -0.15) is 0 Å². The van der Waals surface area contributed by atoms with E-state index >= 15 is 0 Å². The van der Waals surface area contributed by atoms with Gasteiger partial charge in [-0.3, -0.25) is 9.59 Å². The van der Waals surface area contributed by atoms with E-state index in [4.69, 9.17) is 10.2 Å². The summed E-state index contributed by atoms with van der Waals surface area (Å²) in [6.07, 6.45) is 0.176. The monoisotopic (exact) mass is 186 g/mol. The van der Waals surface area contributed by atoms with E-state index in [0.29, 0.717) is 0 Å². The van der Waals surface area contributed by atoms with Gasteiger partial charge in [0, 0.05) is 12.8 Å². The van der Waals surface area contributed by atoms with Gasteiger partial charge in [-0.25, -0.2) is 0 Å². The van der Waals surface area contributed by atoms with Crippen LogP contribution in [0.25, 0.3) is 0 Å². The van der Waals surface area contributed by atoms with Crippen molar-refractivity contribution in [3.05, 3.63) is 0 Å². The van der Waals surface area contributed by atoms with E-state index in [0.717, 1.165) is 0 Å². The highest BCUT2D eigenvalue weighted by molar-refractivity contribution is 5.70. The fourth-order valence-corrected chi connectivity index (χ4v) is 2.04. The quantitative estimate of drug-likeness (QED) is 0.692. The molecule has 0 bridgehead atoms. The predicted molar refractivity (Wildman–Crippen MR) is 45.3 cm³/mol. The molecule has 0 saturated heterocycles. The number of hydrogen-bond acceptors (Lipinski definition) is 2. The average Bonchev–Trinajstić information content (AvgIpc) is 2.36. The number of rotatable bonds is 4.